The van der Waals surface area contributed by atoms with E-state index in [2.05, 4.69) is 21.2 Å². The largest absolute Gasteiger partial charge is 0.379 e. The summed E-state index contributed by atoms with van der Waals surface area (Å²) in [5.41, 5.74) is 0.0529. The van der Waals surface area contributed by atoms with E-state index in [9.17, 15) is 14.5 Å². The van der Waals surface area contributed by atoms with Gasteiger partial charge in [-0.25, -0.2) is 4.39 Å². The molecule has 0 atom stereocenters. The molecule has 1 N–H and O–H groups in total. The maximum absolute atomic E-state index is 13.4. The Morgan fingerprint density at radius 1 is 1.45 bits per heavy atom. The van der Waals surface area contributed by atoms with E-state index in [0.29, 0.717) is 13.2 Å². The second-order valence-electron chi connectivity index (χ2n) is 4.59. The highest BCUT2D eigenvalue weighted by Gasteiger charge is 2.17. The minimum atomic E-state index is -0.533. The number of nitro groups is 1. The molecule has 1 rings (SSSR count). The molecule has 0 spiro atoms. The molecule has 20 heavy (non-hydrogen) atoms. The van der Waals surface area contributed by atoms with Crippen LogP contribution in [0.4, 0.5) is 15.8 Å². The van der Waals surface area contributed by atoms with Crippen molar-refractivity contribution >= 4 is 27.3 Å². The van der Waals surface area contributed by atoms with Gasteiger partial charge < -0.3 is 10.1 Å². The van der Waals surface area contributed by atoms with Crippen LogP contribution < -0.4 is 5.32 Å². The predicted octanol–water partition coefficient (Wildman–Crippen LogP) is 4.11. The fourth-order valence-corrected chi connectivity index (χ4v) is 1.93. The summed E-state index contributed by atoms with van der Waals surface area (Å²) in [5, 5.41) is 13.8. The lowest BCUT2D eigenvalue weighted by Crippen LogP contribution is -2.08. The number of hydrogen-bond acceptors (Lipinski definition) is 4. The zero-order chi connectivity index (χ0) is 15.1. The van der Waals surface area contributed by atoms with Gasteiger partial charge in [0.05, 0.1) is 15.5 Å². The van der Waals surface area contributed by atoms with Crippen molar-refractivity contribution < 1.29 is 14.1 Å². The summed E-state index contributed by atoms with van der Waals surface area (Å²) in [6.45, 7) is 5.11. The number of unbranched alkanes of at least 4 members (excludes halogenated alkanes) is 1. The Morgan fingerprint density at radius 2 is 2.15 bits per heavy atom. The number of rotatable bonds is 8. The van der Waals surface area contributed by atoms with Crippen LogP contribution in [-0.4, -0.2) is 24.2 Å². The van der Waals surface area contributed by atoms with Crippen LogP contribution in [0.2, 0.25) is 0 Å². The normalized spacial score (nSPS) is 10.8. The third-order valence-electron chi connectivity index (χ3n) is 2.57. The molecule has 0 heterocycles. The standard InChI is InChI=1S/C13H18BrFN2O3/c1-9(2)20-6-4-3-5-16-12-8-11(15)10(14)7-13(12)17(18)19/h7-9,16H,3-6H2,1-2H3. The molecule has 0 aliphatic heterocycles. The van der Waals surface area contributed by atoms with Crippen LogP contribution in [0.25, 0.3) is 0 Å². The van der Waals surface area contributed by atoms with E-state index in [1.54, 1.807) is 0 Å². The Hall–Kier alpha value is -1.21. The van der Waals surface area contributed by atoms with Gasteiger partial charge in [0.1, 0.15) is 11.5 Å². The van der Waals surface area contributed by atoms with Crippen molar-refractivity contribution in [1.82, 2.24) is 0 Å². The zero-order valence-electron chi connectivity index (χ0n) is 11.5. The van der Waals surface area contributed by atoms with Gasteiger partial charge in [-0.05, 0) is 42.6 Å². The Bertz CT molecular complexity index is 469. The van der Waals surface area contributed by atoms with Crippen molar-refractivity contribution in [3.8, 4) is 0 Å². The average Bonchev–Trinajstić information content (AvgIpc) is 2.36. The predicted molar refractivity (Wildman–Crippen MR) is 79.6 cm³/mol. The van der Waals surface area contributed by atoms with Crippen LogP contribution in [-0.2, 0) is 4.74 Å². The Kier molecular flexibility index (Phi) is 6.87. The molecule has 1 aromatic carbocycles. The topological polar surface area (TPSA) is 64.4 Å². The highest BCUT2D eigenvalue weighted by atomic mass is 79.9. The van der Waals surface area contributed by atoms with Crippen molar-refractivity contribution in [3.63, 3.8) is 0 Å². The quantitative estimate of drug-likeness (QED) is 0.436. The number of ether oxygens (including phenoxy) is 1. The number of nitrogens with zero attached hydrogens (tertiary/aromatic N) is 1. The summed E-state index contributed by atoms with van der Waals surface area (Å²) < 4.78 is 18.9. The molecule has 0 aliphatic rings. The lowest BCUT2D eigenvalue weighted by molar-refractivity contribution is -0.384. The second-order valence-corrected chi connectivity index (χ2v) is 5.45. The van der Waals surface area contributed by atoms with Gasteiger partial charge >= 0.3 is 0 Å². The summed E-state index contributed by atoms with van der Waals surface area (Å²) in [6, 6.07) is 2.30. The molecule has 112 valence electrons. The first-order chi connectivity index (χ1) is 9.41. The molecule has 0 aliphatic carbocycles. The fourth-order valence-electron chi connectivity index (χ4n) is 1.60. The fraction of sp³-hybridized carbons (Fsp3) is 0.538. The van der Waals surface area contributed by atoms with Gasteiger partial charge in [-0.2, -0.15) is 0 Å². The van der Waals surface area contributed by atoms with E-state index in [0.717, 1.165) is 18.9 Å². The molecule has 0 aromatic heterocycles. The van der Waals surface area contributed by atoms with Gasteiger partial charge in [0.15, 0.2) is 0 Å². The summed E-state index contributed by atoms with van der Waals surface area (Å²) in [6.07, 6.45) is 1.84. The van der Waals surface area contributed by atoms with Gasteiger partial charge in [-0.1, -0.05) is 0 Å². The van der Waals surface area contributed by atoms with Crippen molar-refractivity contribution in [2.45, 2.75) is 32.8 Å². The van der Waals surface area contributed by atoms with Gasteiger partial charge in [0.2, 0.25) is 0 Å². The molecule has 0 bridgehead atoms. The van der Waals surface area contributed by atoms with E-state index in [4.69, 9.17) is 4.74 Å². The van der Waals surface area contributed by atoms with E-state index in [1.807, 2.05) is 13.8 Å². The third kappa shape index (κ3) is 5.42. The number of anilines is 1. The molecule has 0 saturated heterocycles. The summed E-state index contributed by atoms with van der Waals surface area (Å²) in [7, 11) is 0. The van der Waals surface area contributed by atoms with Gasteiger partial charge in [-0.15, -0.1) is 0 Å². The van der Waals surface area contributed by atoms with Crippen LogP contribution in [0.15, 0.2) is 16.6 Å². The highest BCUT2D eigenvalue weighted by Crippen LogP contribution is 2.30. The summed E-state index contributed by atoms with van der Waals surface area (Å²) >= 11 is 2.94. The molecule has 1 aromatic rings. The van der Waals surface area contributed by atoms with Crippen LogP contribution in [0, 0.1) is 15.9 Å². The Labute approximate surface area is 125 Å². The van der Waals surface area contributed by atoms with Crippen molar-refractivity contribution in [1.29, 1.82) is 0 Å². The van der Waals surface area contributed by atoms with Gasteiger partial charge in [0, 0.05) is 25.3 Å². The average molecular weight is 349 g/mol. The minimum absolute atomic E-state index is 0.0834. The number of nitro benzene ring substituents is 1. The van der Waals surface area contributed by atoms with Crippen LogP contribution in [0.3, 0.4) is 0 Å². The molecule has 5 nitrogen and oxygen atoms in total. The van der Waals surface area contributed by atoms with Crippen LogP contribution >= 0.6 is 15.9 Å². The number of hydrogen-bond donors (Lipinski definition) is 1. The molecule has 7 heteroatoms. The molecule has 0 amide bonds. The maximum atomic E-state index is 13.4. The molecular weight excluding hydrogens is 331 g/mol. The molecule has 0 unspecified atom stereocenters. The molecular formula is C13H18BrFN2O3. The number of halogens is 2. The zero-order valence-corrected chi connectivity index (χ0v) is 13.1. The Balaban J connectivity index is 2.51. The molecule has 0 radical (unpaired) electrons. The first-order valence-electron chi connectivity index (χ1n) is 6.40. The van der Waals surface area contributed by atoms with E-state index in [-0.39, 0.29) is 22.0 Å². The lowest BCUT2D eigenvalue weighted by atomic mass is 10.2. The minimum Gasteiger partial charge on any atom is -0.379 e. The lowest BCUT2D eigenvalue weighted by Gasteiger charge is -2.09. The SMILES string of the molecule is CC(C)OCCCCNc1cc(F)c(Br)cc1[N+](=O)[O-]. The highest BCUT2D eigenvalue weighted by molar-refractivity contribution is 9.10. The van der Waals surface area contributed by atoms with E-state index >= 15 is 0 Å². The summed E-state index contributed by atoms with van der Waals surface area (Å²) in [5.74, 6) is -0.527. The first kappa shape index (κ1) is 16.8. The monoisotopic (exact) mass is 348 g/mol. The van der Waals surface area contributed by atoms with Crippen LogP contribution in [0.1, 0.15) is 26.7 Å². The second kappa shape index (κ2) is 8.16. The van der Waals surface area contributed by atoms with E-state index in [1.165, 1.54) is 6.07 Å². The molecule has 0 fully saturated rings. The van der Waals surface area contributed by atoms with Gasteiger partial charge in [-0.3, -0.25) is 10.1 Å². The van der Waals surface area contributed by atoms with Crippen molar-refractivity contribution in [3.05, 3.63) is 32.5 Å². The van der Waals surface area contributed by atoms with Crippen molar-refractivity contribution in [2.24, 2.45) is 0 Å². The number of benzene rings is 1. The van der Waals surface area contributed by atoms with Gasteiger partial charge in [0.25, 0.3) is 5.69 Å². The first-order valence-corrected chi connectivity index (χ1v) is 7.20. The molecule has 0 saturated carbocycles. The smallest absolute Gasteiger partial charge is 0.293 e. The Morgan fingerprint density at radius 3 is 2.75 bits per heavy atom. The van der Waals surface area contributed by atoms with Crippen molar-refractivity contribution in [2.75, 3.05) is 18.5 Å². The van der Waals surface area contributed by atoms with Crippen LogP contribution in [0.5, 0.6) is 0 Å². The summed E-state index contributed by atoms with van der Waals surface area (Å²) in [4.78, 5) is 10.4. The van der Waals surface area contributed by atoms with E-state index < -0.39 is 10.7 Å². The third-order valence-corrected chi connectivity index (χ3v) is 3.18. The number of nitrogens with one attached hydrogen (secondary N) is 1. The maximum Gasteiger partial charge on any atom is 0.293 e.